The number of nitrogens with zero attached hydrogens (tertiary/aromatic N) is 1. The summed E-state index contributed by atoms with van der Waals surface area (Å²) >= 11 is 1.21. The number of hydrogen-bond acceptors (Lipinski definition) is 5. The number of amides is 1. The quantitative estimate of drug-likeness (QED) is 0.687. The van der Waals surface area contributed by atoms with E-state index in [0.29, 0.717) is 21.4 Å². The molecule has 1 aromatic heterocycles. The summed E-state index contributed by atoms with van der Waals surface area (Å²) in [4.78, 5) is 15.7. The van der Waals surface area contributed by atoms with Gasteiger partial charge in [-0.15, -0.1) is 0 Å². The number of carbonyl (C=O) groups is 1. The van der Waals surface area contributed by atoms with E-state index in [-0.39, 0.29) is 5.91 Å². The molecular weight excluding hydrogens is 224 g/mol. The molecule has 5 nitrogen and oxygen atoms in total. The number of benzene rings is 1. The van der Waals surface area contributed by atoms with E-state index in [9.17, 15) is 4.79 Å². The molecule has 6 heteroatoms. The second-order valence-electron chi connectivity index (χ2n) is 3.11. The van der Waals surface area contributed by atoms with Gasteiger partial charge in [-0.1, -0.05) is 23.5 Å². The fourth-order valence-electron chi connectivity index (χ4n) is 1.21. The van der Waals surface area contributed by atoms with Crippen molar-refractivity contribution in [3.63, 3.8) is 0 Å². The Hall–Kier alpha value is -2.08. The SMILES string of the molecule is Nc1cnc(NC(=O)c2ccccc2N)s1. The third-order valence-electron chi connectivity index (χ3n) is 1.95. The minimum Gasteiger partial charge on any atom is -0.398 e. The Bertz CT molecular complexity index is 523. The lowest BCUT2D eigenvalue weighted by atomic mass is 10.2. The van der Waals surface area contributed by atoms with Crippen LogP contribution in [0.5, 0.6) is 0 Å². The molecule has 1 heterocycles. The van der Waals surface area contributed by atoms with Gasteiger partial charge in [-0.05, 0) is 12.1 Å². The molecule has 0 radical (unpaired) electrons. The highest BCUT2D eigenvalue weighted by atomic mass is 32.1. The number of nitrogens with two attached hydrogens (primary N) is 2. The van der Waals surface area contributed by atoms with Crippen molar-refractivity contribution >= 4 is 33.1 Å². The maximum absolute atomic E-state index is 11.8. The smallest absolute Gasteiger partial charge is 0.259 e. The third-order valence-corrected chi connectivity index (χ3v) is 2.69. The molecule has 0 aliphatic rings. The highest BCUT2D eigenvalue weighted by molar-refractivity contribution is 7.19. The zero-order chi connectivity index (χ0) is 11.5. The van der Waals surface area contributed by atoms with E-state index < -0.39 is 0 Å². The van der Waals surface area contributed by atoms with Gasteiger partial charge in [0.25, 0.3) is 5.91 Å². The average molecular weight is 234 g/mol. The molecule has 5 N–H and O–H groups in total. The number of nitrogens with one attached hydrogen (secondary N) is 1. The van der Waals surface area contributed by atoms with Crippen molar-refractivity contribution in [1.82, 2.24) is 4.98 Å². The van der Waals surface area contributed by atoms with E-state index in [1.807, 2.05) is 0 Å². The molecule has 0 spiro atoms. The zero-order valence-corrected chi connectivity index (χ0v) is 9.12. The van der Waals surface area contributed by atoms with Crippen LogP contribution in [0.1, 0.15) is 10.4 Å². The summed E-state index contributed by atoms with van der Waals surface area (Å²) in [7, 11) is 0. The van der Waals surface area contributed by atoms with Crippen molar-refractivity contribution in [1.29, 1.82) is 0 Å². The van der Waals surface area contributed by atoms with Crippen LogP contribution in [0.2, 0.25) is 0 Å². The molecule has 1 aromatic carbocycles. The maximum Gasteiger partial charge on any atom is 0.259 e. The number of nitrogen functional groups attached to an aromatic ring is 2. The molecule has 0 aliphatic carbocycles. The van der Waals surface area contributed by atoms with Gasteiger partial charge in [0.1, 0.15) is 5.00 Å². The summed E-state index contributed by atoms with van der Waals surface area (Å²) in [6.07, 6.45) is 1.49. The molecule has 16 heavy (non-hydrogen) atoms. The molecular formula is C10H10N4OS. The van der Waals surface area contributed by atoms with Gasteiger partial charge in [0.15, 0.2) is 5.13 Å². The van der Waals surface area contributed by atoms with Crippen molar-refractivity contribution in [2.75, 3.05) is 16.8 Å². The van der Waals surface area contributed by atoms with Crippen molar-refractivity contribution in [2.45, 2.75) is 0 Å². The van der Waals surface area contributed by atoms with E-state index in [1.54, 1.807) is 24.3 Å². The Morgan fingerprint density at radius 3 is 2.69 bits per heavy atom. The molecule has 0 bridgehead atoms. The molecule has 0 saturated heterocycles. The monoisotopic (exact) mass is 234 g/mol. The highest BCUT2D eigenvalue weighted by Crippen LogP contribution is 2.21. The number of rotatable bonds is 2. The third kappa shape index (κ3) is 2.12. The Balaban J connectivity index is 2.18. The van der Waals surface area contributed by atoms with E-state index in [1.165, 1.54) is 17.5 Å². The van der Waals surface area contributed by atoms with Gasteiger partial charge in [-0.25, -0.2) is 4.98 Å². The lowest BCUT2D eigenvalue weighted by Crippen LogP contribution is -2.13. The molecule has 82 valence electrons. The molecule has 2 rings (SSSR count). The van der Waals surface area contributed by atoms with E-state index >= 15 is 0 Å². The van der Waals surface area contributed by atoms with Gasteiger partial charge in [-0.2, -0.15) is 0 Å². The Labute approximate surface area is 96.1 Å². The van der Waals surface area contributed by atoms with Crippen LogP contribution in [0, 0.1) is 0 Å². The van der Waals surface area contributed by atoms with Gasteiger partial charge in [-0.3, -0.25) is 10.1 Å². The Morgan fingerprint density at radius 1 is 1.31 bits per heavy atom. The number of anilines is 3. The second-order valence-corrected chi connectivity index (χ2v) is 4.17. The lowest BCUT2D eigenvalue weighted by Gasteiger charge is -2.03. The maximum atomic E-state index is 11.8. The number of carbonyl (C=O) groups excluding carboxylic acids is 1. The topological polar surface area (TPSA) is 94.0 Å². The van der Waals surface area contributed by atoms with Crippen LogP contribution in [-0.2, 0) is 0 Å². The predicted octanol–water partition coefficient (Wildman–Crippen LogP) is 1.56. The predicted molar refractivity (Wildman–Crippen MR) is 65.3 cm³/mol. The average Bonchev–Trinajstić information content (AvgIpc) is 2.64. The van der Waals surface area contributed by atoms with E-state index in [0.717, 1.165) is 0 Å². The van der Waals surface area contributed by atoms with Crippen molar-refractivity contribution < 1.29 is 4.79 Å². The van der Waals surface area contributed by atoms with E-state index in [4.69, 9.17) is 11.5 Å². The summed E-state index contributed by atoms with van der Waals surface area (Å²) in [6.45, 7) is 0. The first-order valence-corrected chi connectivity index (χ1v) is 5.35. The van der Waals surface area contributed by atoms with Crippen LogP contribution in [0.4, 0.5) is 15.8 Å². The fourth-order valence-corrected chi connectivity index (χ4v) is 1.79. The first-order valence-electron chi connectivity index (χ1n) is 4.54. The molecule has 0 atom stereocenters. The molecule has 0 saturated carbocycles. The normalized spacial score (nSPS) is 10.0. The van der Waals surface area contributed by atoms with Crippen LogP contribution in [-0.4, -0.2) is 10.9 Å². The first kappa shape index (κ1) is 10.4. The number of thiazole rings is 1. The van der Waals surface area contributed by atoms with Gasteiger partial charge < -0.3 is 11.5 Å². The molecule has 0 fully saturated rings. The largest absolute Gasteiger partial charge is 0.398 e. The summed E-state index contributed by atoms with van der Waals surface area (Å²) in [5.41, 5.74) is 12.0. The number of hydrogen-bond donors (Lipinski definition) is 3. The number of aromatic nitrogens is 1. The van der Waals surface area contributed by atoms with Crippen molar-refractivity contribution in [2.24, 2.45) is 0 Å². The lowest BCUT2D eigenvalue weighted by molar-refractivity contribution is 0.102. The van der Waals surface area contributed by atoms with Crippen LogP contribution in [0.15, 0.2) is 30.5 Å². The molecule has 0 unspecified atom stereocenters. The van der Waals surface area contributed by atoms with E-state index in [2.05, 4.69) is 10.3 Å². The van der Waals surface area contributed by atoms with Crippen LogP contribution in [0.25, 0.3) is 0 Å². The molecule has 2 aromatic rings. The van der Waals surface area contributed by atoms with Gasteiger partial charge in [0, 0.05) is 5.69 Å². The van der Waals surface area contributed by atoms with Crippen molar-refractivity contribution in [3.8, 4) is 0 Å². The molecule has 0 aliphatic heterocycles. The fraction of sp³-hybridized carbons (Fsp3) is 0. The Kier molecular flexibility index (Phi) is 2.74. The zero-order valence-electron chi connectivity index (χ0n) is 8.31. The summed E-state index contributed by atoms with van der Waals surface area (Å²) < 4.78 is 0. The minimum atomic E-state index is -0.285. The Morgan fingerprint density at radius 2 is 2.06 bits per heavy atom. The standard InChI is InChI=1S/C10H10N4OS/c11-7-4-2-1-3-6(7)9(15)14-10-13-5-8(12)16-10/h1-5H,11-12H2,(H,13,14,15). The first-order chi connectivity index (χ1) is 7.66. The second kappa shape index (κ2) is 4.19. The van der Waals surface area contributed by atoms with Gasteiger partial charge in [0.2, 0.25) is 0 Å². The van der Waals surface area contributed by atoms with Crippen LogP contribution < -0.4 is 16.8 Å². The number of para-hydroxylation sites is 1. The van der Waals surface area contributed by atoms with Crippen LogP contribution in [0.3, 0.4) is 0 Å². The minimum absolute atomic E-state index is 0.285. The van der Waals surface area contributed by atoms with Crippen LogP contribution >= 0.6 is 11.3 Å². The van der Waals surface area contributed by atoms with Crippen molar-refractivity contribution in [3.05, 3.63) is 36.0 Å². The summed E-state index contributed by atoms with van der Waals surface area (Å²) in [5, 5.41) is 3.64. The summed E-state index contributed by atoms with van der Waals surface area (Å²) in [5.74, 6) is -0.285. The van der Waals surface area contributed by atoms with Gasteiger partial charge in [0.05, 0.1) is 11.8 Å². The summed E-state index contributed by atoms with van der Waals surface area (Å²) in [6, 6.07) is 6.85. The molecule has 1 amide bonds. The van der Waals surface area contributed by atoms with Gasteiger partial charge >= 0.3 is 0 Å². The highest BCUT2D eigenvalue weighted by Gasteiger charge is 2.10.